The molecule has 2 N–H and O–H groups in total. The molecule has 0 heterocycles. The van der Waals surface area contributed by atoms with Gasteiger partial charge in [0.2, 0.25) is 0 Å². The van der Waals surface area contributed by atoms with Crippen LogP contribution in [-0.4, -0.2) is 42.8 Å². The maximum atomic E-state index is 6.64. The van der Waals surface area contributed by atoms with E-state index in [9.17, 15) is 0 Å². The lowest BCUT2D eigenvalue weighted by molar-refractivity contribution is -0.156. The average Bonchev–Trinajstić information content (AvgIpc) is 2.29. The van der Waals surface area contributed by atoms with Gasteiger partial charge >= 0.3 is 0 Å². The molecule has 1 aliphatic carbocycles. The van der Waals surface area contributed by atoms with Gasteiger partial charge in [-0.2, -0.15) is 0 Å². The van der Waals surface area contributed by atoms with E-state index in [4.69, 9.17) is 10.5 Å². The monoisotopic (exact) mass is 256 g/mol. The minimum absolute atomic E-state index is 0.0861. The molecule has 2 unspecified atom stereocenters. The van der Waals surface area contributed by atoms with Gasteiger partial charge in [0.05, 0.1) is 6.10 Å². The van der Waals surface area contributed by atoms with Crippen molar-refractivity contribution >= 4 is 0 Å². The molecule has 0 aliphatic heterocycles. The molecule has 1 aliphatic rings. The maximum absolute atomic E-state index is 6.64. The zero-order valence-electron chi connectivity index (χ0n) is 13.0. The van der Waals surface area contributed by atoms with Gasteiger partial charge in [0, 0.05) is 24.1 Å². The van der Waals surface area contributed by atoms with Gasteiger partial charge in [-0.05, 0) is 39.3 Å². The third kappa shape index (κ3) is 3.06. The van der Waals surface area contributed by atoms with Crippen molar-refractivity contribution in [2.24, 2.45) is 11.1 Å². The summed E-state index contributed by atoms with van der Waals surface area (Å²) in [6.45, 7) is 15.2. The first-order valence-corrected chi connectivity index (χ1v) is 7.54. The molecule has 0 bridgehead atoms. The highest BCUT2D eigenvalue weighted by molar-refractivity contribution is 5.14. The summed E-state index contributed by atoms with van der Waals surface area (Å²) in [6.07, 6.45) is 3.73. The minimum atomic E-state index is -0.0861. The summed E-state index contributed by atoms with van der Waals surface area (Å²) in [5.74, 6) is 0. The second-order valence-electron chi connectivity index (χ2n) is 6.30. The zero-order valence-corrected chi connectivity index (χ0v) is 13.0. The first-order valence-electron chi connectivity index (χ1n) is 7.54. The van der Waals surface area contributed by atoms with Gasteiger partial charge in [0.15, 0.2) is 0 Å². The Morgan fingerprint density at radius 3 is 2.11 bits per heavy atom. The van der Waals surface area contributed by atoms with Crippen LogP contribution in [0, 0.1) is 5.41 Å². The van der Waals surface area contributed by atoms with E-state index in [1.807, 2.05) is 0 Å². The fraction of sp³-hybridized carbons (Fsp3) is 1.00. The van der Waals surface area contributed by atoms with Crippen LogP contribution in [0.25, 0.3) is 0 Å². The summed E-state index contributed by atoms with van der Waals surface area (Å²) in [7, 11) is 0. The van der Waals surface area contributed by atoms with Gasteiger partial charge in [-0.1, -0.05) is 27.7 Å². The lowest BCUT2D eigenvalue weighted by Gasteiger charge is -2.60. The number of nitrogens with zero attached hydrogens (tertiary/aromatic N) is 1. The molecule has 1 saturated carbocycles. The van der Waals surface area contributed by atoms with Gasteiger partial charge in [0.1, 0.15) is 0 Å². The van der Waals surface area contributed by atoms with Gasteiger partial charge in [-0.25, -0.2) is 0 Å². The molecule has 0 aromatic rings. The number of hydrogen-bond acceptors (Lipinski definition) is 3. The smallest absolute Gasteiger partial charge is 0.0662 e. The second kappa shape index (κ2) is 6.36. The van der Waals surface area contributed by atoms with E-state index in [2.05, 4.69) is 39.5 Å². The lowest BCUT2D eigenvalue weighted by Crippen LogP contribution is -2.73. The normalized spacial score (nSPS) is 30.5. The highest BCUT2D eigenvalue weighted by Crippen LogP contribution is 2.50. The van der Waals surface area contributed by atoms with E-state index in [0.29, 0.717) is 6.10 Å². The SMILES string of the molecule is CCCN(CCC)CC1(N)CC(OCC)C1(C)C. The van der Waals surface area contributed by atoms with Crippen molar-refractivity contribution in [3.8, 4) is 0 Å². The maximum Gasteiger partial charge on any atom is 0.0662 e. The topological polar surface area (TPSA) is 38.5 Å². The van der Waals surface area contributed by atoms with E-state index >= 15 is 0 Å². The van der Waals surface area contributed by atoms with Crippen LogP contribution in [0.1, 0.15) is 53.9 Å². The predicted molar refractivity (Wildman–Crippen MR) is 77.8 cm³/mol. The van der Waals surface area contributed by atoms with Crippen molar-refractivity contribution in [2.45, 2.75) is 65.5 Å². The molecule has 18 heavy (non-hydrogen) atoms. The Kier molecular flexibility index (Phi) is 5.63. The van der Waals surface area contributed by atoms with Crippen LogP contribution in [0.15, 0.2) is 0 Å². The molecule has 0 spiro atoms. The molecule has 0 radical (unpaired) electrons. The van der Waals surface area contributed by atoms with Crippen LogP contribution in [0.5, 0.6) is 0 Å². The molecular formula is C15H32N2O. The van der Waals surface area contributed by atoms with Crippen molar-refractivity contribution in [1.82, 2.24) is 4.90 Å². The summed E-state index contributed by atoms with van der Waals surface area (Å²) in [6, 6.07) is 0. The molecule has 0 amide bonds. The number of rotatable bonds is 8. The first kappa shape index (κ1) is 15.9. The van der Waals surface area contributed by atoms with Crippen molar-refractivity contribution in [2.75, 3.05) is 26.2 Å². The van der Waals surface area contributed by atoms with Crippen LogP contribution in [0.3, 0.4) is 0 Å². The number of hydrogen-bond donors (Lipinski definition) is 1. The Morgan fingerprint density at radius 1 is 1.17 bits per heavy atom. The molecule has 2 atom stereocenters. The van der Waals surface area contributed by atoms with E-state index in [-0.39, 0.29) is 11.0 Å². The summed E-state index contributed by atoms with van der Waals surface area (Å²) in [4.78, 5) is 2.52. The largest absolute Gasteiger partial charge is 0.378 e. The Labute approximate surface area is 113 Å². The van der Waals surface area contributed by atoms with Gasteiger partial charge in [-0.3, -0.25) is 0 Å². The number of nitrogens with two attached hydrogens (primary N) is 1. The van der Waals surface area contributed by atoms with Gasteiger partial charge in [0.25, 0.3) is 0 Å². The van der Waals surface area contributed by atoms with Crippen molar-refractivity contribution in [3.05, 3.63) is 0 Å². The Hall–Kier alpha value is -0.120. The van der Waals surface area contributed by atoms with E-state index in [0.717, 1.165) is 32.7 Å². The van der Waals surface area contributed by atoms with Crippen molar-refractivity contribution < 1.29 is 4.74 Å². The van der Waals surface area contributed by atoms with Crippen LogP contribution in [0.2, 0.25) is 0 Å². The highest BCUT2D eigenvalue weighted by atomic mass is 16.5. The third-order valence-corrected chi connectivity index (χ3v) is 4.59. The Morgan fingerprint density at radius 2 is 1.72 bits per heavy atom. The molecule has 3 nitrogen and oxygen atoms in total. The molecule has 108 valence electrons. The van der Waals surface area contributed by atoms with Crippen molar-refractivity contribution in [3.63, 3.8) is 0 Å². The van der Waals surface area contributed by atoms with Crippen LogP contribution in [0.4, 0.5) is 0 Å². The van der Waals surface area contributed by atoms with Gasteiger partial charge in [-0.15, -0.1) is 0 Å². The van der Waals surface area contributed by atoms with E-state index in [1.54, 1.807) is 0 Å². The third-order valence-electron chi connectivity index (χ3n) is 4.59. The molecule has 0 aromatic heterocycles. The molecule has 0 saturated heterocycles. The van der Waals surface area contributed by atoms with Gasteiger partial charge < -0.3 is 15.4 Å². The van der Waals surface area contributed by atoms with Crippen LogP contribution < -0.4 is 5.73 Å². The predicted octanol–water partition coefficient (Wildman–Crippen LogP) is 2.64. The average molecular weight is 256 g/mol. The summed E-state index contributed by atoms with van der Waals surface area (Å²) in [5, 5.41) is 0. The fourth-order valence-corrected chi connectivity index (χ4v) is 3.08. The standard InChI is InChI=1S/C15H32N2O/c1-6-9-17(10-7-2)12-15(16)11-13(18-8-3)14(15,4)5/h13H,6-12,16H2,1-5H3. The van der Waals surface area contributed by atoms with E-state index < -0.39 is 0 Å². The Balaban J connectivity index is 2.59. The van der Waals surface area contributed by atoms with Crippen LogP contribution >= 0.6 is 0 Å². The van der Waals surface area contributed by atoms with Crippen molar-refractivity contribution in [1.29, 1.82) is 0 Å². The van der Waals surface area contributed by atoms with E-state index in [1.165, 1.54) is 12.8 Å². The second-order valence-corrected chi connectivity index (χ2v) is 6.30. The summed E-state index contributed by atoms with van der Waals surface area (Å²) in [5.41, 5.74) is 6.64. The fourth-order valence-electron chi connectivity index (χ4n) is 3.08. The summed E-state index contributed by atoms with van der Waals surface area (Å²) < 4.78 is 5.79. The Bertz CT molecular complexity index is 249. The highest BCUT2D eigenvalue weighted by Gasteiger charge is 2.58. The zero-order chi connectivity index (χ0) is 13.8. The molecular weight excluding hydrogens is 224 g/mol. The quantitative estimate of drug-likeness (QED) is 0.725. The molecule has 1 rings (SSSR count). The summed E-state index contributed by atoms with van der Waals surface area (Å²) >= 11 is 0. The minimum Gasteiger partial charge on any atom is -0.378 e. The van der Waals surface area contributed by atoms with Crippen LogP contribution in [-0.2, 0) is 4.74 Å². The lowest BCUT2D eigenvalue weighted by atomic mass is 9.54. The molecule has 0 aromatic carbocycles. The number of ether oxygens (including phenoxy) is 1. The molecule has 3 heteroatoms. The first-order chi connectivity index (χ1) is 8.41. The molecule has 1 fully saturated rings.